The zero-order valence-corrected chi connectivity index (χ0v) is 13.8. The average Bonchev–Trinajstić information content (AvgIpc) is 2.73. The minimum atomic E-state index is -4.35. The average molecular weight is 345 g/mol. The fraction of sp³-hybridized carbons (Fsp3) is 0.625. The molecule has 2 rings (SSSR count). The molecule has 0 aliphatic carbocycles. The van der Waals surface area contributed by atoms with E-state index in [0.717, 1.165) is 17.4 Å². The Morgan fingerprint density at radius 2 is 1.96 bits per heavy atom. The molecule has 5 nitrogen and oxygen atoms in total. The van der Waals surface area contributed by atoms with Crippen molar-refractivity contribution in [3.8, 4) is 0 Å². The van der Waals surface area contributed by atoms with E-state index in [1.165, 1.54) is 13.0 Å². The number of carbonyl (C=O) groups excluding carboxylic acids is 2. The highest BCUT2D eigenvalue weighted by Gasteiger charge is 2.33. The van der Waals surface area contributed by atoms with Crippen LogP contribution in [0.15, 0.2) is 6.07 Å². The number of hydrogen-bond donors (Lipinski definition) is 1. The summed E-state index contributed by atoms with van der Waals surface area (Å²) < 4.78 is 39.2. The molecule has 0 bridgehead atoms. The Kier molecular flexibility index (Phi) is 5.25. The number of carbonyl (C=O) groups is 2. The Bertz CT molecular complexity index is 637. The van der Waals surface area contributed by atoms with E-state index in [2.05, 4.69) is 0 Å². The number of amides is 2. The number of aryl methyl sites for hydroxylation is 1. The van der Waals surface area contributed by atoms with Crippen LogP contribution in [0.3, 0.4) is 0 Å². The lowest BCUT2D eigenvalue weighted by molar-refractivity contribution is -0.141. The maximum atomic E-state index is 12.8. The molecule has 1 aromatic heterocycles. The lowest BCUT2D eigenvalue weighted by Crippen LogP contribution is -2.45. The van der Waals surface area contributed by atoms with Crippen LogP contribution < -0.4 is 5.73 Å². The van der Waals surface area contributed by atoms with Crippen LogP contribution in [0.4, 0.5) is 13.2 Å². The van der Waals surface area contributed by atoms with Gasteiger partial charge in [0.05, 0.1) is 5.56 Å². The van der Waals surface area contributed by atoms with Gasteiger partial charge in [-0.2, -0.15) is 13.2 Å². The van der Waals surface area contributed by atoms with E-state index in [1.54, 1.807) is 11.8 Å². The van der Waals surface area contributed by atoms with E-state index in [4.69, 9.17) is 5.73 Å². The summed E-state index contributed by atoms with van der Waals surface area (Å²) in [5.74, 6) is -0.815. The zero-order chi connectivity index (χ0) is 18.1. The van der Waals surface area contributed by atoms with Gasteiger partial charge in [-0.3, -0.25) is 9.59 Å². The molecule has 1 atom stereocenters. The van der Waals surface area contributed by atoms with Crippen molar-refractivity contribution in [2.45, 2.75) is 58.3 Å². The Morgan fingerprint density at radius 3 is 2.54 bits per heavy atom. The largest absolute Gasteiger partial charge is 0.406 e. The maximum absolute atomic E-state index is 12.8. The molecule has 24 heavy (non-hydrogen) atoms. The number of likely N-dealkylation sites (tertiary alicyclic amines) is 1. The van der Waals surface area contributed by atoms with Crippen LogP contribution in [0.1, 0.15) is 47.4 Å². The molecule has 0 spiro atoms. The zero-order valence-electron chi connectivity index (χ0n) is 13.8. The second-order valence-electron chi connectivity index (χ2n) is 6.30. The number of rotatable bonds is 4. The number of halogens is 3. The summed E-state index contributed by atoms with van der Waals surface area (Å²) in [5.41, 5.74) is 6.18. The summed E-state index contributed by atoms with van der Waals surface area (Å²) in [5, 5.41) is 0. The first-order valence-electron chi connectivity index (χ1n) is 7.93. The molecule has 2 N–H and O–H groups in total. The van der Waals surface area contributed by atoms with Crippen LogP contribution in [0.2, 0.25) is 0 Å². The molecular formula is C16H22F3N3O2. The lowest BCUT2D eigenvalue weighted by Gasteiger charge is -2.35. The lowest BCUT2D eigenvalue weighted by atomic mass is 9.98. The van der Waals surface area contributed by atoms with Gasteiger partial charge in [0, 0.05) is 30.4 Å². The predicted molar refractivity (Wildman–Crippen MR) is 82.4 cm³/mol. The van der Waals surface area contributed by atoms with Crippen molar-refractivity contribution < 1.29 is 22.8 Å². The van der Waals surface area contributed by atoms with Crippen LogP contribution in [-0.2, 0) is 11.3 Å². The standard InChI is InChI=1S/C16H22F3N3O2/c1-10-7-13(11(2)22(10)9-16(17,18)19)15(24)21-6-4-3-5-12(21)8-14(20)23/h7,12H,3-6,8-9H2,1-2H3,(H2,20,23). The van der Waals surface area contributed by atoms with Gasteiger partial charge < -0.3 is 15.2 Å². The number of alkyl halides is 3. The first-order valence-corrected chi connectivity index (χ1v) is 7.93. The molecule has 0 radical (unpaired) electrons. The van der Waals surface area contributed by atoms with E-state index in [-0.39, 0.29) is 23.9 Å². The number of aromatic nitrogens is 1. The van der Waals surface area contributed by atoms with E-state index < -0.39 is 18.6 Å². The minimum Gasteiger partial charge on any atom is -0.370 e. The van der Waals surface area contributed by atoms with Crippen LogP contribution in [0, 0.1) is 13.8 Å². The fourth-order valence-electron chi connectivity index (χ4n) is 3.31. The van der Waals surface area contributed by atoms with Gasteiger partial charge >= 0.3 is 6.18 Å². The molecule has 1 aromatic rings. The SMILES string of the molecule is Cc1cc(C(=O)N2CCCCC2CC(N)=O)c(C)n1CC(F)(F)F. The first-order chi connectivity index (χ1) is 11.1. The summed E-state index contributed by atoms with van der Waals surface area (Å²) in [6, 6.07) is 1.20. The molecule has 1 aliphatic rings. The van der Waals surface area contributed by atoms with Gasteiger partial charge in [-0.1, -0.05) is 0 Å². The second-order valence-corrected chi connectivity index (χ2v) is 6.30. The smallest absolute Gasteiger partial charge is 0.370 e. The molecule has 1 unspecified atom stereocenters. The highest BCUT2D eigenvalue weighted by molar-refractivity contribution is 5.96. The Labute approximate surface area is 138 Å². The van der Waals surface area contributed by atoms with E-state index >= 15 is 0 Å². The third-order valence-corrected chi connectivity index (χ3v) is 4.47. The molecular weight excluding hydrogens is 323 g/mol. The van der Waals surface area contributed by atoms with Crippen LogP contribution in [0.5, 0.6) is 0 Å². The highest BCUT2D eigenvalue weighted by atomic mass is 19.4. The summed E-state index contributed by atoms with van der Waals surface area (Å²) >= 11 is 0. The summed E-state index contributed by atoms with van der Waals surface area (Å²) in [4.78, 5) is 25.6. The summed E-state index contributed by atoms with van der Waals surface area (Å²) in [6.45, 7) is 2.42. The van der Waals surface area contributed by atoms with Crippen LogP contribution >= 0.6 is 0 Å². The van der Waals surface area contributed by atoms with Crippen molar-refractivity contribution in [1.82, 2.24) is 9.47 Å². The second kappa shape index (κ2) is 6.86. The van der Waals surface area contributed by atoms with Gasteiger partial charge in [0.1, 0.15) is 6.54 Å². The molecule has 1 fully saturated rings. The summed E-state index contributed by atoms with van der Waals surface area (Å²) in [6.07, 6.45) is -1.89. The monoisotopic (exact) mass is 345 g/mol. The van der Waals surface area contributed by atoms with Crippen molar-refractivity contribution in [1.29, 1.82) is 0 Å². The molecule has 134 valence electrons. The van der Waals surface area contributed by atoms with Gasteiger partial charge in [-0.15, -0.1) is 0 Å². The van der Waals surface area contributed by atoms with Gasteiger partial charge in [0.2, 0.25) is 5.91 Å². The molecule has 2 amide bonds. The van der Waals surface area contributed by atoms with Gasteiger partial charge in [-0.05, 0) is 39.2 Å². The molecule has 0 aromatic carbocycles. The number of nitrogens with zero attached hydrogens (tertiary/aromatic N) is 2. The Hall–Kier alpha value is -1.99. The quantitative estimate of drug-likeness (QED) is 0.911. The molecule has 1 aliphatic heterocycles. The van der Waals surface area contributed by atoms with E-state index in [9.17, 15) is 22.8 Å². The number of primary amides is 1. The molecule has 8 heteroatoms. The first kappa shape index (κ1) is 18.4. The third-order valence-electron chi connectivity index (χ3n) is 4.47. The number of piperidine rings is 1. The number of nitrogens with two attached hydrogens (primary N) is 1. The molecule has 2 heterocycles. The van der Waals surface area contributed by atoms with Crippen molar-refractivity contribution >= 4 is 11.8 Å². The van der Waals surface area contributed by atoms with Crippen molar-refractivity contribution in [2.24, 2.45) is 5.73 Å². The number of hydrogen-bond acceptors (Lipinski definition) is 2. The van der Waals surface area contributed by atoms with Gasteiger partial charge in [0.15, 0.2) is 0 Å². The third kappa shape index (κ3) is 4.10. The van der Waals surface area contributed by atoms with Crippen molar-refractivity contribution in [3.05, 3.63) is 23.0 Å². The Balaban J connectivity index is 2.28. The topological polar surface area (TPSA) is 68.3 Å². The highest BCUT2D eigenvalue weighted by Crippen LogP contribution is 2.27. The van der Waals surface area contributed by atoms with Crippen molar-refractivity contribution in [2.75, 3.05) is 6.54 Å². The normalized spacial score (nSPS) is 18.7. The summed E-state index contributed by atoms with van der Waals surface area (Å²) in [7, 11) is 0. The van der Waals surface area contributed by atoms with Crippen molar-refractivity contribution in [3.63, 3.8) is 0 Å². The van der Waals surface area contributed by atoms with Crippen LogP contribution in [-0.4, -0.2) is 40.0 Å². The van der Waals surface area contributed by atoms with E-state index in [0.29, 0.717) is 24.4 Å². The van der Waals surface area contributed by atoms with Gasteiger partial charge in [0.25, 0.3) is 5.91 Å². The van der Waals surface area contributed by atoms with E-state index in [1.807, 2.05) is 0 Å². The predicted octanol–water partition coefficient (Wildman–Crippen LogP) is 2.54. The maximum Gasteiger partial charge on any atom is 0.406 e. The minimum absolute atomic E-state index is 0.0764. The molecule has 1 saturated heterocycles. The Morgan fingerprint density at radius 1 is 1.29 bits per heavy atom. The fourth-order valence-corrected chi connectivity index (χ4v) is 3.31. The van der Waals surface area contributed by atoms with Gasteiger partial charge in [-0.25, -0.2) is 0 Å². The van der Waals surface area contributed by atoms with Crippen LogP contribution in [0.25, 0.3) is 0 Å². The molecule has 0 saturated carbocycles.